The van der Waals surface area contributed by atoms with E-state index < -0.39 is 6.10 Å². The maximum atomic E-state index is 12.6. The lowest BCUT2D eigenvalue weighted by molar-refractivity contribution is -0.124. The first-order chi connectivity index (χ1) is 15.2. The number of anilines is 2. The monoisotopic (exact) mass is 416 g/mol. The molecule has 31 heavy (non-hydrogen) atoms. The Kier molecular flexibility index (Phi) is 6.59. The summed E-state index contributed by atoms with van der Waals surface area (Å²) < 4.78 is 11.2. The van der Waals surface area contributed by atoms with Gasteiger partial charge in [-0.05, 0) is 60.9 Å². The first-order valence-electron chi connectivity index (χ1n) is 10.3. The number of nitrogens with one attached hydrogen (secondary N) is 2. The predicted molar refractivity (Wildman–Crippen MR) is 119 cm³/mol. The van der Waals surface area contributed by atoms with Crippen LogP contribution in [0.4, 0.5) is 11.4 Å². The number of carbonyl (C=O) groups excluding carboxylic acids is 2. The van der Waals surface area contributed by atoms with Crippen molar-refractivity contribution in [2.75, 3.05) is 17.2 Å². The Morgan fingerprint density at radius 2 is 1.71 bits per heavy atom. The van der Waals surface area contributed by atoms with Crippen molar-refractivity contribution in [1.29, 1.82) is 0 Å². The van der Waals surface area contributed by atoms with Gasteiger partial charge in [0.05, 0.1) is 0 Å². The minimum atomic E-state index is -0.417. The number of hydrogen-bond donors (Lipinski definition) is 2. The third-order valence-electron chi connectivity index (χ3n) is 4.97. The quantitative estimate of drug-likeness (QED) is 0.589. The summed E-state index contributed by atoms with van der Waals surface area (Å²) >= 11 is 0. The highest BCUT2D eigenvalue weighted by Crippen LogP contribution is 2.20. The van der Waals surface area contributed by atoms with Crippen LogP contribution in [0.1, 0.15) is 28.8 Å². The largest absolute Gasteiger partial charge is 0.489 e. The minimum Gasteiger partial charge on any atom is -0.489 e. The fourth-order valence-electron chi connectivity index (χ4n) is 3.32. The number of benzene rings is 3. The van der Waals surface area contributed by atoms with Crippen LogP contribution in [-0.4, -0.2) is 24.5 Å². The van der Waals surface area contributed by atoms with E-state index in [4.69, 9.17) is 9.47 Å². The van der Waals surface area contributed by atoms with Crippen molar-refractivity contribution in [1.82, 2.24) is 0 Å². The highest BCUT2D eigenvalue weighted by molar-refractivity contribution is 6.05. The highest BCUT2D eigenvalue weighted by atomic mass is 16.5. The van der Waals surface area contributed by atoms with Crippen LogP contribution in [0.25, 0.3) is 0 Å². The Morgan fingerprint density at radius 1 is 0.903 bits per heavy atom. The second-order valence-electron chi connectivity index (χ2n) is 7.32. The molecule has 1 saturated heterocycles. The Labute approximate surface area is 181 Å². The SMILES string of the molecule is O=C(Nc1ccc(OCc2ccccc2)cc1)c1cccc(NC(=O)[C@H]2CCCO2)c1. The molecule has 1 fully saturated rings. The summed E-state index contributed by atoms with van der Waals surface area (Å²) in [7, 11) is 0. The summed E-state index contributed by atoms with van der Waals surface area (Å²) in [5.41, 5.74) is 2.77. The van der Waals surface area contributed by atoms with Gasteiger partial charge in [0, 0.05) is 23.5 Å². The molecule has 3 aromatic rings. The molecule has 0 unspecified atom stereocenters. The van der Waals surface area contributed by atoms with Crippen molar-refractivity contribution in [3.05, 3.63) is 90.0 Å². The van der Waals surface area contributed by atoms with Gasteiger partial charge >= 0.3 is 0 Å². The predicted octanol–water partition coefficient (Wildman–Crippen LogP) is 4.64. The summed E-state index contributed by atoms with van der Waals surface area (Å²) in [4.78, 5) is 24.8. The van der Waals surface area contributed by atoms with Crippen molar-refractivity contribution in [2.45, 2.75) is 25.6 Å². The average Bonchev–Trinajstić information content (AvgIpc) is 3.35. The van der Waals surface area contributed by atoms with Gasteiger partial charge in [0.2, 0.25) is 0 Å². The molecule has 6 heteroatoms. The van der Waals surface area contributed by atoms with Crippen molar-refractivity contribution >= 4 is 23.2 Å². The zero-order valence-electron chi connectivity index (χ0n) is 17.0. The fourth-order valence-corrected chi connectivity index (χ4v) is 3.32. The molecule has 0 spiro atoms. The normalized spacial score (nSPS) is 15.3. The number of ether oxygens (including phenoxy) is 2. The molecule has 3 aromatic carbocycles. The number of rotatable bonds is 7. The Bertz CT molecular complexity index is 1030. The van der Waals surface area contributed by atoms with Crippen molar-refractivity contribution < 1.29 is 19.1 Å². The third kappa shape index (κ3) is 5.71. The molecule has 2 N–H and O–H groups in total. The fraction of sp³-hybridized carbons (Fsp3) is 0.200. The van der Waals surface area contributed by atoms with Gasteiger partial charge in [0.15, 0.2) is 0 Å². The van der Waals surface area contributed by atoms with Gasteiger partial charge in [0.1, 0.15) is 18.5 Å². The molecule has 4 rings (SSSR count). The molecule has 6 nitrogen and oxygen atoms in total. The highest BCUT2D eigenvalue weighted by Gasteiger charge is 2.23. The smallest absolute Gasteiger partial charge is 0.255 e. The number of hydrogen-bond acceptors (Lipinski definition) is 4. The Hall–Kier alpha value is -3.64. The lowest BCUT2D eigenvalue weighted by Gasteiger charge is -2.12. The van der Waals surface area contributed by atoms with Crippen molar-refractivity contribution in [3.8, 4) is 5.75 Å². The van der Waals surface area contributed by atoms with E-state index in [0.29, 0.717) is 30.2 Å². The van der Waals surface area contributed by atoms with Gasteiger partial charge in [0.25, 0.3) is 11.8 Å². The van der Waals surface area contributed by atoms with E-state index in [1.165, 1.54) is 0 Å². The maximum absolute atomic E-state index is 12.6. The number of amides is 2. The van der Waals surface area contributed by atoms with Crippen molar-refractivity contribution in [3.63, 3.8) is 0 Å². The van der Waals surface area contributed by atoms with Crippen molar-refractivity contribution in [2.24, 2.45) is 0 Å². The van der Waals surface area contributed by atoms with Crippen LogP contribution in [0.5, 0.6) is 5.75 Å². The molecule has 1 heterocycles. The van der Waals surface area contributed by atoms with Crippen LogP contribution < -0.4 is 15.4 Å². The molecule has 1 aliphatic heterocycles. The zero-order valence-corrected chi connectivity index (χ0v) is 17.0. The van der Waals surface area contributed by atoms with Crippen LogP contribution in [0.3, 0.4) is 0 Å². The molecule has 2 amide bonds. The van der Waals surface area contributed by atoms with Crippen LogP contribution in [0, 0.1) is 0 Å². The van der Waals surface area contributed by atoms with Gasteiger partial charge in [-0.25, -0.2) is 0 Å². The van der Waals surface area contributed by atoms with E-state index in [9.17, 15) is 9.59 Å². The molecule has 1 aliphatic rings. The van der Waals surface area contributed by atoms with Crippen LogP contribution >= 0.6 is 0 Å². The molecule has 0 aromatic heterocycles. The minimum absolute atomic E-state index is 0.179. The standard InChI is InChI=1S/C25H24N2O4/c28-24(19-8-4-9-21(16-19)27-25(29)23-10-5-15-30-23)26-20-11-13-22(14-12-20)31-17-18-6-2-1-3-7-18/h1-4,6-9,11-14,16,23H,5,10,15,17H2,(H,26,28)(H,27,29)/t23-/m1/s1. The van der Waals surface area contributed by atoms with E-state index in [1.54, 1.807) is 36.4 Å². The molecular weight excluding hydrogens is 392 g/mol. The zero-order chi connectivity index (χ0) is 21.5. The molecule has 158 valence electrons. The van der Waals surface area contributed by atoms with Gasteiger partial charge in [-0.2, -0.15) is 0 Å². The maximum Gasteiger partial charge on any atom is 0.255 e. The molecule has 0 bridgehead atoms. The van der Waals surface area contributed by atoms with Gasteiger partial charge < -0.3 is 20.1 Å². The molecular formula is C25H24N2O4. The summed E-state index contributed by atoms with van der Waals surface area (Å²) in [5.74, 6) is 0.285. The van der Waals surface area contributed by atoms with Crippen LogP contribution in [-0.2, 0) is 16.1 Å². The summed E-state index contributed by atoms with van der Waals surface area (Å²) in [6.45, 7) is 1.09. The third-order valence-corrected chi connectivity index (χ3v) is 4.97. The van der Waals surface area contributed by atoms with E-state index in [2.05, 4.69) is 10.6 Å². The van der Waals surface area contributed by atoms with E-state index in [0.717, 1.165) is 24.2 Å². The second-order valence-corrected chi connectivity index (χ2v) is 7.32. The number of carbonyl (C=O) groups is 2. The Balaban J connectivity index is 1.33. The first-order valence-corrected chi connectivity index (χ1v) is 10.3. The summed E-state index contributed by atoms with van der Waals surface area (Å²) in [5, 5.41) is 5.68. The first kappa shape index (κ1) is 20.6. The summed E-state index contributed by atoms with van der Waals surface area (Å²) in [6.07, 6.45) is 1.19. The van der Waals surface area contributed by atoms with E-state index >= 15 is 0 Å². The lowest BCUT2D eigenvalue weighted by atomic mass is 10.1. The van der Waals surface area contributed by atoms with E-state index in [1.807, 2.05) is 42.5 Å². The topological polar surface area (TPSA) is 76.7 Å². The lowest BCUT2D eigenvalue weighted by Crippen LogP contribution is -2.27. The van der Waals surface area contributed by atoms with Gasteiger partial charge in [-0.15, -0.1) is 0 Å². The van der Waals surface area contributed by atoms with Crippen LogP contribution in [0.2, 0.25) is 0 Å². The summed E-state index contributed by atoms with van der Waals surface area (Å²) in [6, 6.07) is 24.0. The van der Waals surface area contributed by atoms with Gasteiger partial charge in [-0.1, -0.05) is 36.4 Å². The molecule has 0 saturated carbocycles. The molecule has 1 atom stereocenters. The Morgan fingerprint density at radius 3 is 2.45 bits per heavy atom. The van der Waals surface area contributed by atoms with Crippen LogP contribution in [0.15, 0.2) is 78.9 Å². The second kappa shape index (κ2) is 9.91. The average molecular weight is 416 g/mol. The van der Waals surface area contributed by atoms with Gasteiger partial charge in [-0.3, -0.25) is 9.59 Å². The molecule has 0 radical (unpaired) electrons. The molecule has 0 aliphatic carbocycles. The van der Waals surface area contributed by atoms with E-state index in [-0.39, 0.29) is 11.8 Å².